The van der Waals surface area contributed by atoms with Crippen LogP contribution in [-0.4, -0.2) is 65.3 Å². The van der Waals surface area contributed by atoms with E-state index >= 15 is 0 Å². The van der Waals surface area contributed by atoms with Crippen molar-refractivity contribution in [1.29, 1.82) is 0 Å². The highest BCUT2D eigenvalue weighted by Crippen LogP contribution is 2.45. The van der Waals surface area contributed by atoms with Gasteiger partial charge in [0.05, 0.1) is 30.4 Å². The van der Waals surface area contributed by atoms with E-state index in [1.54, 1.807) is 45.6 Å². The lowest BCUT2D eigenvalue weighted by Gasteiger charge is -2.45. The number of ether oxygens (including phenoxy) is 1. The molecule has 2 fully saturated rings. The molecule has 0 radical (unpaired) electrons. The van der Waals surface area contributed by atoms with E-state index in [1.165, 1.54) is 24.7 Å². The topological polar surface area (TPSA) is 107 Å². The predicted molar refractivity (Wildman–Crippen MR) is 148 cm³/mol. The number of aromatic nitrogens is 4. The number of benzene rings is 1. The molecule has 1 aliphatic carbocycles. The lowest BCUT2D eigenvalue weighted by Crippen LogP contribution is -2.51. The molecule has 5 heterocycles. The van der Waals surface area contributed by atoms with Gasteiger partial charge in [0.2, 0.25) is 10.0 Å². The molecule has 3 aliphatic rings. The molecule has 7 rings (SSSR count). The van der Waals surface area contributed by atoms with Crippen molar-refractivity contribution in [2.45, 2.75) is 30.8 Å². The minimum Gasteiger partial charge on any atom is -0.446 e. The second-order valence-corrected chi connectivity index (χ2v) is 12.7. The van der Waals surface area contributed by atoms with Crippen LogP contribution in [0.2, 0.25) is 0 Å². The van der Waals surface area contributed by atoms with Gasteiger partial charge in [0.1, 0.15) is 28.9 Å². The molecule has 1 aromatic carbocycles. The third-order valence-electron chi connectivity index (χ3n) is 8.23. The summed E-state index contributed by atoms with van der Waals surface area (Å²) < 4.78 is 56.1. The van der Waals surface area contributed by atoms with Gasteiger partial charge in [0.15, 0.2) is 6.39 Å². The number of anilines is 1. The number of hydrogen-bond acceptors (Lipinski definition) is 8. The van der Waals surface area contributed by atoms with Crippen molar-refractivity contribution in [2.75, 3.05) is 37.7 Å². The van der Waals surface area contributed by atoms with Crippen LogP contribution in [0, 0.1) is 11.2 Å². The molecule has 4 aromatic rings. The molecular weight excluding hydrogens is 547 g/mol. The van der Waals surface area contributed by atoms with Gasteiger partial charge in [-0.3, -0.25) is 0 Å². The first kappa shape index (κ1) is 26.1. The van der Waals surface area contributed by atoms with Crippen molar-refractivity contribution in [3.63, 3.8) is 0 Å². The van der Waals surface area contributed by atoms with Crippen LogP contribution < -0.4 is 4.90 Å². The summed E-state index contributed by atoms with van der Waals surface area (Å²) >= 11 is 0. The van der Waals surface area contributed by atoms with E-state index in [1.807, 2.05) is 0 Å². The molecule has 12 heteroatoms. The summed E-state index contributed by atoms with van der Waals surface area (Å²) in [7, 11) is -3.78. The first-order valence-electron chi connectivity index (χ1n) is 13.6. The van der Waals surface area contributed by atoms with Gasteiger partial charge in [-0.25, -0.2) is 27.5 Å². The summed E-state index contributed by atoms with van der Waals surface area (Å²) in [5.74, 6) is 1.09. The Kier molecular flexibility index (Phi) is 6.48. The molecule has 0 N–H and O–H groups in total. The van der Waals surface area contributed by atoms with Crippen LogP contribution >= 0.6 is 0 Å². The third-order valence-corrected chi connectivity index (χ3v) is 10.1. The van der Waals surface area contributed by atoms with Crippen LogP contribution in [-0.2, 0) is 27.8 Å². The van der Waals surface area contributed by atoms with Gasteiger partial charge < -0.3 is 14.1 Å². The van der Waals surface area contributed by atoms with Gasteiger partial charge in [0.25, 0.3) is 0 Å². The number of pyridine rings is 1. The zero-order chi connectivity index (χ0) is 28.0. The lowest BCUT2D eigenvalue weighted by atomic mass is 9.69. The Morgan fingerprint density at radius 3 is 2.61 bits per heavy atom. The molecule has 212 valence electrons. The van der Waals surface area contributed by atoms with Gasteiger partial charge >= 0.3 is 0 Å². The number of hydrogen-bond donors (Lipinski definition) is 0. The fraction of sp³-hybridized carbons (Fsp3) is 0.345. The van der Waals surface area contributed by atoms with Gasteiger partial charge in [-0.2, -0.15) is 9.40 Å². The number of fused-ring (bicyclic) bond motifs is 2. The van der Waals surface area contributed by atoms with E-state index in [2.05, 4.69) is 26.0 Å². The Morgan fingerprint density at radius 2 is 1.90 bits per heavy atom. The van der Waals surface area contributed by atoms with Crippen LogP contribution in [0.15, 0.2) is 76.3 Å². The van der Waals surface area contributed by atoms with Gasteiger partial charge in [0, 0.05) is 37.8 Å². The second-order valence-electron chi connectivity index (χ2n) is 10.8. The van der Waals surface area contributed by atoms with Gasteiger partial charge in [-0.05, 0) is 67.3 Å². The number of rotatable bonds is 8. The SMILES string of the molecule is O=S(=O)(c1ccc(N2CCC2)nc1)N1CCC2=Cc3c(cnn3-c3ccc(F)cc3)CC2(COCc2cnco2)C1. The average molecular weight is 577 g/mol. The first-order chi connectivity index (χ1) is 19.9. The average Bonchev–Trinajstić information content (AvgIpc) is 3.61. The molecule has 0 spiro atoms. The van der Waals surface area contributed by atoms with E-state index in [4.69, 9.17) is 9.15 Å². The number of piperidine rings is 1. The Morgan fingerprint density at radius 1 is 1.05 bits per heavy atom. The molecule has 10 nitrogen and oxygen atoms in total. The van der Waals surface area contributed by atoms with E-state index in [0.717, 1.165) is 47.8 Å². The fourth-order valence-electron chi connectivity index (χ4n) is 5.88. The zero-order valence-corrected chi connectivity index (χ0v) is 23.1. The summed E-state index contributed by atoms with van der Waals surface area (Å²) in [6.07, 6.45) is 10.5. The van der Waals surface area contributed by atoms with Gasteiger partial charge in [-0.15, -0.1) is 0 Å². The predicted octanol–water partition coefficient (Wildman–Crippen LogP) is 3.84. The highest BCUT2D eigenvalue weighted by atomic mass is 32.2. The van der Waals surface area contributed by atoms with Crippen LogP contribution in [0.5, 0.6) is 0 Å². The molecule has 2 aliphatic heterocycles. The summed E-state index contributed by atoms with van der Waals surface area (Å²) in [6.45, 7) is 3.00. The standard InChI is InChI=1S/C29H29FN6O4S/c30-23-2-4-24(5-3-23)36-27-12-22-8-11-35(41(37,38)26-6-7-28(32-16-26)34-9-1-10-34)18-29(22,13-21(27)14-33-36)19-39-17-25-15-31-20-40-25/h2-7,12,14-16,20H,1,8-11,13,17-19H2. The van der Waals surface area contributed by atoms with E-state index in [-0.39, 0.29) is 23.9 Å². The van der Waals surface area contributed by atoms with Crippen LogP contribution in [0.1, 0.15) is 29.9 Å². The highest BCUT2D eigenvalue weighted by Gasteiger charge is 2.46. The largest absolute Gasteiger partial charge is 0.446 e. The van der Waals surface area contributed by atoms with Crippen molar-refractivity contribution < 1.29 is 22.0 Å². The molecule has 0 amide bonds. The maximum absolute atomic E-state index is 13.8. The molecule has 41 heavy (non-hydrogen) atoms. The maximum atomic E-state index is 13.8. The molecule has 3 aromatic heterocycles. The fourth-order valence-corrected chi connectivity index (χ4v) is 7.36. The number of sulfonamides is 1. The van der Waals surface area contributed by atoms with Crippen molar-refractivity contribution in [2.24, 2.45) is 5.41 Å². The minimum absolute atomic E-state index is 0.188. The summed E-state index contributed by atoms with van der Waals surface area (Å²) in [5, 5.41) is 4.60. The third kappa shape index (κ3) is 4.75. The van der Waals surface area contributed by atoms with E-state index in [0.29, 0.717) is 31.8 Å². The van der Waals surface area contributed by atoms with E-state index < -0.39 is 15.4 Å². The van der Waals surface area contributed by atoms with Crippen LogP contribution in [0.25, 0.3) is 11.8 Å². The van der Waals surface area contributed by atoms with Crippen molar-refractivity contribution in [3.05, 3.63) is 89.8 Å². The quantitative estimate of drug-likeness (QED) is 0.312. The van der Waals surface area contributed by atoms with Crippen molar-refractivity contribution >= 4 is 21.9 Å². The molecule has 1 atom stereocenters. The molecule has 2 saturated heterocycles. The zero-order valence-electron chi connectivity index (χ0n) is 22.3. The van der Waals surface area contributed by atoms with Crippen molar-refractivity contribution in [3.8, 4) is 5.69 Å². The molecular formula is C29H29FN6O4S. The van der Waals surface area contributed by atoms with Crippen LogP contribution in [0.3, 0.4) is 0 Å². The summed E-state index contributed by atoms with van der Waals surface area (Å²) in [4.78, 5) is 10.7. The summed E-state index contributed by atoms with van der Waals surface area (Å²) in [6, 6.07) is 9.65. The molecule has 0 bridgehead atoms. The summed E-state index contributed by atoms with van der Waals surface area (Å²) in [5.41, 5.74) is 3.15. The lowest BCUT2D eigenvalue weighted by molar-refractivity contribution is 0.0247. The second kappa shape index (κ2) is 10.2. The monoisotopic (exact) mass is 576 g/mol. The Bertz CT molecular complexity index is 1680. The van der Waals surface area contributed by atoms with Crippen molar-refractivity contribution in [1.82, 2.24) is 24.1 Å². The minimum atomic E-state index is -3.78. The van der Waals surface area contributed by atoms with E-state index in [9.17, 15) is 12.8 Å². The number of oxazole rings is 1. The first-order valence-corrected chi connectivity index (χ1v) is 15.1. The molecule has 1 unspecified atom stereocenters. The Hall–Kier alpha value is -3.87. The Balaban J connectivity index is 1.19. The Labute approximate surface area is 237 Å². The smallest absolute Gasteiger partial charge is 0.244 e. The van der Waals surface area contributed by atoms with Crippen LogP contribution in [0.4, 0.5) is 10.2 Å². The van der Waals surface area contributed by atoms with Gasteiger partial charge in [-0.1, -0.05) is 5.57 Å². The maximum Gasteiger partial charge on any atom is 0.244 e. The molecule has 0 saturated carbocycles. The normalized spacial score (nSPS) is 20.7. The number of halogens is 1. The number of nitrogens with zero attached hydrogens (tertiary/aromatic N) is 6. The highest BCUT2D eigenvalue weighted by molar-refractivity contribution is 7.89.